The number of carbonyl (C=O) groups excluding carboxylic acids is 2. The standard InChI is InChI=1S/C34H68N2O2/c1-4-6-8-10-12-14-16-18-20-22-24-26-28-30-33(37)36-31(3)32(34(35)38)29-27-25-23-21-19-17-15-13-11-9-7-5-2/h31-32H,4-30H2,1-3H3,(H2,35,38)(H,36,37). The largest absolute Gasteiger partial charge is 0.369 e. The molecule has 2 atom stereocenters. The van der Waals surface area contributed by atoms with Crippen molar-refractivity contribution in [2.75, 3.05) is 0 Å². The van der Waals surface area contributed by atoms with Crippen LogP contribution in [0.1, 0.15) is 194 Å². The minimum atomic E-state index is -0.276. The van der Waals surface area contributed by atoms with E-state index in [2.05, 4.69) is 19.2 Å². The van der Waals surface area contributed by atoms with Gasteiger partial charge < -0.3 is 11.1 Å². The summed E-state index contributed by atoms with van der Waals surface area (Å²) in [5.41, 5.74) is 5.69. The van der Waals surface area contributed by atoms with Crippen LogP contribution in [0.15, 0.2) is 0 Å². The molecule has 2 unspecified atom stereocenters. The zero-order valence-electron chi connectivity index (χ0n) is 26.1. The summed E-state index contributed by atoms with van der Waals surface area (Å²) in [5, 5.41) is 3.06. The number of unbranched alkanes of at least 4 members (excludes halogenated alkanes) is 23. The maximum Gasteiger partial charge on any atom is 0.222 e. The SMILES string of the molecule is CCCCCCCCCCCCCCCC(=O)NC(C)C(CCCCCCCCCCCCCC)C(N)=O. The van der Waals surface area contributed by atoms with Crippen molar-refractivity contribution in [2.24, 2.45) is 11.7 Å². The number of amides is 2. The van der Waals surface area contributed by atoms with Gasteiger partial charge in [0.15, 0.2) is 0 Å². The second kappa shape index (κ2) is 28.9. The van der Waals surface area contributed by atoms with Crippen molar-refractivity contribution in [3.05, 3.63) is 0 Å². The number of nitrogens with one attached hydrogen (secondary N) is 1. The van der Waals surface area contributed by atoms with E-state index >= 15 is 0 Å². The molecule has 0 saturated heterocycles. The van der Waals surface area contributed by atoms with Gasteiger partial charge in [0.1, 0.15) is 0 Å². The Labute approximate surface area is 238 Å². The van der Waals surface area contributed by atoms with Gasteiger partial charge in [0.2, 0.25) is 11.8 Å². The molecule has 0 aliphatic rings. The summed E-state index contributed by atoms with van der Waals surface area (Å²) in [6, 6.07) is -0.172. The smallest absolute Gasteiger partial charge is 0.222 e. The maximum atomic E-state index is 12.4. The van der Waals surface area contributed by atoms with Gasteiger partial charge in [0.05, 0.1) is 5.92 Å². The summed E-state index contributed by atoms with van der Waals surface area (Å²) in [6.45, 7) is 6.48. The van der Waals surface area contributed by atoms with Crippen LogP contribution in [0.2, 0.25) is 0 Å². The molecule has 0 heterocycles. The third kappa shape index (κ3) is 25.2. The molecular formula is C34H68N2O2. The van der Waals surface area contributed by atoms with Crippen molar-refractivity contribution in [3.63, 3.8) is 0 Å². The number of rotatable bonds is 30. The van der Waals surface area contributed by atoms with E-state index in [1.165, 1.54) is 135 Å². The van der Waals surface area contributed by atoms with Gasteiger partial charge in [-0.05, 0) is 19.8 Å². The van der Waals surface area contributed by atoms with Crippen LogP contribution in [0.5, 0.6) is 0 Å². The highest BCUT2D eigenvalue weighted by Gasteiger charge is 2.23. The molecule has 0 bridgehead atoms. The summed E-state index contributed by atoms with van der Waals surface area (Å²) in [6.07, 6.45) is 34.0. The molecule has 0 aliphatic heterocycles. The van der Waals surface area contributed by atoms with Crippen molar-refractivity contribution in [2.45, 2.75) is 200 Å². The highest BCUT2D eigenvalue weighted by Crippen LogP contribution is 2.17. The first-order valence-corrected chi connectivity index (χ1v) is 17.1. The molecule has 0 radical (unpaired) electrons. The van der Waals surface area contributed by atoms with Crippen LogP contribution in [0.25, 0.3) is 0 Å². The fourth-order valence-electron chi connectivity index (χ4n) is 5.57. The molecule has 0 fully saturated rings. The van der Waals surface area contributed by atoms with Crippen LogP contribution >= 0.6 is 0 Å². The third-order valence-electron chi connectivity index (χ3n) is 8.23. The number of primary amides is 1. The topological polar surface area (TPSA) is 72.2 Å². The van der Waals surface area contributed by atoms with Crippen LogP contribution in [-0.2, 0) is 9.59 Å². The minimum Gasteiger partial charge on any atom is -0.369 e. The fraction of sp³-hybridized carbons (Fsp3) is 0.941. The molecule has 0 spiro atoms. The first kappa shape index (κ1) is 36.9. The van der Waals surface area contributed by atoms with Crippen molar-refractivity contribution < 1.29 is 9.59 Å². The molecule has 3 N–H and O–H groups in total. The lowest BCUT2D eigenvalue weighted by Gasteiger charge is -2.22. The normalized spacial score (nSPS) is 12.9. The van der Waals surface area contributed by atoms with E-state index in [4.69, 9.17) is 5.73 Å². The van der Waals surface area contributed by atoms with Gasteiger partial charge >= 0.3 is 0 Å². The van der Waals surface area contributed by atoms with E-state index in [-0.39, 0.29) is 23.8 Å². The Bertz CT molecular complexity index is 523. The Balaban J connectivity index is 3.69. The fourth-order valence-corrected chi connectivity index (χ4v) is 5.57. The van der Waals surface area contributed by atoms with E-state index in [1.807, 2.05) is 6.92 Å². The average molecular weight is 537 g/mol. The number of carbonyl (C=O) groups is 2. The van der Waals surface area contributed by atoms with Crippen molar-refractivity contribution in [3.8, 4) is 0 Å². The summed E-state index contributed by atoms with van der Waals surface area (Å²) in [7, 11) is 0. The lowest BCUT2D eigenvalue weighted by Crippen LogP contribution is -2.43. The maximum absolute atomic E-state index is 12.4. The molecular weight excluding hydrogens is 468 g/mol. The average Bonchev–Trinajstić information content (AvgIpc) is 2.89. The molecule has 0 saturated carbocycles. The Morgan fingerprint density at radius 3 is 1.18 bits per heavy atom. The van der Waals surface area contributed by atoms with Crippen LogP contribution < -0.4 is 11.1 Å². The summed E-state index contributed by atoms with van der Waals surface area (Å²) >= 11 is 0. The van der Waals surface area contributed by atoms with E-state index in [1.54, 1.807) is 0 Å². The monoisotopic (exact) mass is 537 g/mol. The van der Waals surface area contributed by atoms with Gasteiger partial charge in [-0.3, -0.25) is 9.59 Å². The zero-order chi connectivity index (χ0) is 28.1. The van der Waals surface area contributed by atoms with Crippen LogP contribution in [0.3, 0.4) is 0 Å². The number of hydrogen-bond acceptors (Lipinski definition) is 2. The molecule has 226 valence electrons. The van der Waals surface area contributed by atoms with Gasteiger partial charge in [-0.2, -0.15) is 0 Å². The molecule has 4 nitrogen and oxygen atoms in total. The van der Waals surface area contributed by atoms with Gasteiger partial charge in [0.25, 0.3) is 0 Å². The molecule has 0 aromatic carbocycles. The lowest BCUT2D eigenvalue weighted by molar-refractivity contribution is -0.125. The van der Waals surface area contributed by atoms with E-state index in [9.17, 15) is 9.59 Å². The first-order chi connectivity index (χ1) is 18.5. The van der Waals surface area contributed by atoms with Gasteiger partial charge in [-0.25, -0.2) is 0 Å². The van der Waals surface area contributed by atoms with Gasteiger partial charge in [-0.15, -0.1) is 0 Å². The first-order valence-electron chi connectivity index (χ1n) is 17.1. The van der Waals surface area contributed by atoms with Crippen molar-refractivity contribution >= 4 is 11.8 Å². The molecule has 0 rings (SSSR count). The summed E-state index contributed by atoms with van der Waals surface area (Å²) in [5.74, 6) is -0.461. The lowest BCUT2D eigenvalue weighted by atomic mass is 9.93. The van der Waals surface area contributed by atoms with Crippen molar-refractivity contribution in [1.29, 1.82) is 0 Å². The number of nitrogens with two attached hydrogens (primary N) is 1. The highest BCUT2D eigenvalue weighted by atomic mass is 16.2. The second-order valence-corrected chi connectivity index (χ2v) is 12.0. The molecule has 4 heteroatoms. The number of hydrogen-bond donors (Lipinski definition) is 2. The van der Waals surface area contributed by atoms with Crippen LogP contribution in [0, 0.1) is 5.92 Å². The van der Waals surface area contributed by atoms with Crippen LogP contribution in [0.4, 0.5) is 0 Å². The summed E-state index contributed by atoms with van der Waals surface area (Å²) in [4.78, 5) is 24.4. The van der Waals surface area contributed by atoms with Gasteiger partial charge in [0, 0.05) is 12.5 Å². The van der Waals surface area contributed by atoms with E-state index in [0.717, 1.165) is 32.1 Å². The van der Waals surface area contributed by atoms with Gasteiger partial charge in [-0.1, -0.05) is 168 Å². The molecule has 0 aromatic heterocycles. The molecule has 2 amide bonds. The second-order valence-electron chi connectivity index (χ2n) is 12.0. The van der Waals surface area contributed by atoms with Crippen molar-refractivity contribution in [1.82, 2.24) is 5.32 Å². The van der Waals surface area contributed by atoms with E-state index in [0.29, 0.717) is 6.42 Å². The zero-order valence-corrected chi connectivity index (χ0v) is 26.1. The predicted octanol–water partition coefficient (Wildman–Crippen LogP) is 10.2. The molecule has 0 aliphatic carbocycles. The minimum absolute atomic E-state index is 0.0708. The third-order valence-corrected chi connectivity index (χ3v) is 8.23. The molecule has 0 aromatic rings. The van der Waals surface area contributed by atoms with Crippen LogP contribution in [-0.4, -0.2) is 17.9 Å². The Hall–Kier alpha value is -1.06. The predicted molar refractivity (Wildman–Crippen MR) is 166 cm³/mol. The Morgan fingerprint density at radius 1 is 0.526 bits per heavy atom. The quantitative estimate of drug-likeness (QED) is 0.0896. The van der Waals surface area contributed by atoms with E-state index < -0.39 is 0 Å². The highest BCUT2D eigenvalue weighted by molar-refractivity contribution is 5.80. The Kier molecular flexibility index (Phi) is 28.1. The Morgan fingerprint density at radius 2 is 0.842 bits per heavy atom. The molecule has 38 heavy (non-hydrogen) atoms. The summed E-state index contributed by atoms with van der Waals surface area (Å²) < 4.78 is 0.